The summed E-state index contributed by atoms with van der Waals surface area (Å²) in [6.45, 7) is 7.95. The van der Waals surface area contributed by atoms with E-state index in [2.05, 4.69) is 86.0 Å². The predicted octanol–water partition coefficient (Wildman–Crippen LogP) is 6.92. The molecule has 0 saturated heterocycles. The van der Waals surface area contributed by atoms with Crippen molar-refractivity contribution in [3.8, 4) is 11.1 Å². The van der Waals surface area contributed by atoms with E-state index in [1.807, 2.05) is 24.3 Å². The first-order valence-corrected chi connectivity index (χ1v) is 8.79. The van der Waals surface area contributed by atoms with Crippen molar-refractivity contribution in [1.82, 2.24) is 0 Å². The van der Waals surface area contributed by atoms with Gasteiger partial charge in [0.2, 0.25) is 0 Å². The normalized spacial score (nSPS) is 12.3. The fourth-order valence-corrected chi connectivity index (χ4v) is 3.73. The molecule has 0 N–H and O–H groups in total. The Hall–Kier alpha value is -3.38. The number of fused-ring (bicyclic) bond motifs is 3. The molecule has 26 heavy (non-hydrogen) atoms. The van der Waals surface area contributed by atoms with E-state index >= 15 is 0 Å². The zero-order chi connectivity index (χ0) is 17.9. The monoisotopic (exact) mass is 332 g/mol. The van der Waals surface area contributed by atoms with Crippen LogP contribution in [0.2, 0.25) is 0 Å². The summed E-state index contributed by atoms with van der Waals surface area (Å²) in [6, 6.07) is 27.8. The molecule has 1 aliphatic rings. The second kappa shape index (κ2) is 6.85. The molecule has 0 atom stereocenters. The third kappa shape index (κ3) is 2.57. The van der Waals surface area contributed by atoms with Crippen LogP contribution in [0.25, 0.3) is 22.3 Å². The van der Waals surface area contributed by atoms with Crippen LogP contribution < -0.4 is 0 Å². The molecule has 0 amide bonds. The molecule has 3 aromatic rings. The molecule has 0 unspecified atom stereocenters. The summed E-state index contributed by atoms with van der Waals surface area (Å²) in [4.78, 5) is 0. The van der Waals surface area contributed by atoms with E-state index < -0.39 is 0 Å². The van der Waals surface area contributed by atoms with Crippen LogP contribution in [0.5, 0.6) is 0 Å². The van der Waals surface area contributed by atoms with Gasteiger partial charge in [0.1, 0.15) is 0 Å². The Labute approximate surface area is 155 Å². The zero-order valence-corrected chi connectivity index (χ0v) is 14.7. The first kappa shape index (κ1) is 16.1. The molecule has 0 radical (unpaired) electrons. The van der Waals surface area contributed by atoms with Crippen molar-refractivity contribution < 1.29 is 0 Å². The molecule has 0 saturated carbocycles. The quantitative estimate of drug-likeness (QED) is 0.356. The van der Waals surface area contributed by atoms with Gasteiger partial charge in [0.15, 0.2) is 0 Å². The first-order chi connectivity index (χ1) is 12.8. The van der Waals surface area contributed by atoms with Crippen molar-refractivity contribution in [3.63, 3.8) is 0 Å². The van der Waals surface area contributed by atoms with E-state index in [0.717, 1.165) is 5.57 Å². The van der Waals surface area contributed by atoms with Gasteiger partial charge in [-0.25, -0.2) is 0 Å². The third-order valence-corrected chi connectivity index (χ3v) is 4.80. The molecule has 0 nitrogen and oxygen atoms in total. The third-order valence-electron chi connectivity index (χ3n) is 4.80. The molecule has 0 bridgehead atoms. The van der Waals surface area contributed by atoms with Gasteiger partial charge >= 0.3 is 0 Å². The van der Waals surface area contributed by atoms with Crippen LogP contribution >= 0.6 is 0 Å². The highest BCUT2D eigenvalue weighted by Crippen LogP contribution is 2.48. The Balaban J connectivity index is 2.15. The van der Waals surface area contributed by atoms with Crippen molar-refractivity contribution in [2.75, 3.05) is 0 Å². The Bertz CT molecular complexity index is 999. The van der Waals surface area contributed by atoms with Crippen LogP contribution in [0.1, 0.15) is 16.7 Å². The summed E-state index contributed by atoms with van der Waals surface area (Å²) in [5.41, 5.74) is 9.82. The predicted molar refractivity (Wildman–Crippen MR) is 113 cm³/mol. The molecule has 0 heterocycles. The molecule has 0 heteroatoms. The summed E-state index contributed by atoms with van der Waals surface area (Å²) in [5, 5.41) is 0. The lowest BCUT2D eigenvalue weighted by Gasteiger charge is -2.15. The lowest BCUT2D eigenvalue weighted by atomic mass is 9.88. The summed E-state index contributed by atoms with van der Waals surface area (Å²) < 4.78 is 0. The van der Waals surface area contributed by atoms with Crippen LogP contribution in [0, 0.1) is 0 Å². The Morgan fingerprint density at radius 1 is 0.615 bits per heavy atom. The molecule has 124 valence electrons. The minimum atomic E-state index is 1.08. The van der Waals surface area contributed by atoms with Gasteiger partial charge in [0.25, 0.3) is 0 Å². The van der Waals surface area contributed by atoms with Crippen LogP contribution in [-0.2, 0) is 0 Å². The molecule has 1 aliphatic carbocycles. The maximum absolute atomic E-state index is 4.06. The molecule has 4 rings (SSSR count). The van der Waals surface area contributed by atoms with E-state index in [-0.39, 0.29) is 0 Å². The van der Waals surface area contributed by atoms with E-state index in [1.165, 1.54) is 39.0 Å². The summed E-state index contributed by atoms with van der Waals surface area (Å²) >= 11 is 0. The molecule has 0 aromatic heterocycles. The van der Waals surface area contributed by atoms with Gasteiger partial charge in [-0.3, -0.25) is 0 Å². The number of benzene rings is 3. The fourth-order valence-electron chi connectivity index (χ4n) is 3.73. The van der Waals surface area contributed by atoms with Crippen LogP contribution in [0.15, 0.2) is 116 Å². The summed E-state index contributed by atoms with van der Waals surface area (Å²) in [6.07, 6.45) is 5.78. The highest BCUT2D eigenvalue weighted by Gasteiger charge is 2.26. The topological polar surface area (TPSA) is 0 Å². The van der Waals surface area contributed by atoms with Crippen LogP contribution in [0.4, 0.5) is 0 Å². The van der Waals surface area contributed by atoms with Crippen LogP contribution in [0.3, 0.4) is 0 Å². The number of hydrogen-bond acceptors (Lipinski definition) is 0. The van der Waals surface area contributed by atoms with Crippen LogP contribution in [-0.4, -0.2) is 0 Å². The average molecular weight is 332 g/mol. The molecule has 0 fully saturated rings. The molecular formula is C26H20. The maximum atomic E-state index is 4.06. The van der Waals surface area contributed by atoms with E-state index in [0.29, 0.717) is 0 Å². The maximum Gasteiger partial charge on any atom is -0.00143 e. The molecule has 0 spiro atoms. The minimum Gasteiger partial charge on any atom is -0.0990 e. The molecular weight excluding hydrogens is 312 g/mol. The Morgan fingerprint density at radius 2 is 1.12 bits per heavy atom. The zero-order valence-electron chi connectivity index (χ0n) is 14.7. The molecule has 3 aromatic carbocycles. The second-order valence-corrected chi connectivity index (χ2v) is 6.27. The average Bonchev–Trinajstić information content (AvgIpc) is 3.03. The largest absolute Gasteiger partial charge is 0.0990 e. The molecule has 0 aliphatic heterocycles. The van der Waals surface area contributed by atoms with Gasteiger partial charge in [-0.2, -0.15) is 0 Å². The van der Waals surface area contributed by atoms with Gasteiger partial charge in [0.05, 0.1) is 0 Å². The number of rotatable bonds is 4. The SMILES string of the molecule is C=C/C=C(\C=C)C(=C1c2ccccc2-c2ccccc21)c1ccccc1. The van der Waals surface area contributed by atoms with Crippen molar-refractivity contribution in [1.29, 1.82) is 0 Å². The smallest absolute Gasteiger partial charge is 0.00143 e. The van der Waals surface area contributed by atoms with Crippen molar-refractivity contribution in [3.05, 3.63) is 133 Å². The summed E-state index contributed by atoms with van der Waals surface area (Å²) in [5.74, 6) is 0. The standard InChI is InChI=1S/C26H20/c1-3-12-19(4-2)25(20-13-6-5-7-14-20)26-23-17-10-8-15-21(23)22-16-9-11-18-24(22)26/h3-18H,1-2H2/b19-12+. The highest BCUT2D eigenvalue weighted by molar-refractivity contribution is 6.14. The van der Waals surface area contributed by atoms with Gasteiger partial charge in [0, 0.05) is 0 Å². The second-order valence-electron chi connectivity index (χ2n) is 6.27. The minimum absolute atomic E-state index is 1.08. The lowest BCUT2D eigenvalue weighted by molar-refractivity contribution is 1.56. The number of allylic oxidation sites excluding steroid dienone is 5. The van der Waals surface area contributed by atoms with E-state index in [4.69, 9.17) is 0 Å². The summed E-state index contributed by atoms with van der Waals surface area (Å²) in [7, 11) is 0. The van der Waals surface area contributed by atoms with Gasteiger partial charge in [-0.15, -0.1) is 0 Å². The van der Waals surface area contributed by atoms with Crippen molar-refractivity contribution in [2.45, 2.75) is 0 Å². The first-order valence-electron chi connectivity index (χ1n) is 8.79. The highest BCUT2D eigenvalue weighted by atomic mass is 14.3. The Morgan fingerprint density at radius 3 is 1.62 bits per heavy atom. The van der Waals surface area contributed by atoms with E-state index in [9.17, 15) is 0 Å². The van der Waals surface area contributed by atoms with Crippen molar-refractivity contribution in [2.24, 2.45) is 0 Å². The van der Waals surface area contributed by atoms with Gasteiger partial charge < -0.3 is 0 Å². The number of hydrogen-bond donors (Lipinski definition) is 0. The van der Waals surface area contributed by atoms with Gasteiger partial charge in [-0.1, -0.05) is 110 Å². The van der Waals surface area contributed by atoms with E-state index in [1.54, 1.807) is 0 Å². The van der Waals surface area contributed by atoms with Gasteiger partial charge in [-0.05, 0) is 44.5 Å². The Kier molecular flexibility index (Phi) is 4.25. The lowest BCUT2D eigenvalue weighted by Crippen LogP contribution is -1.94. The fraction of sp³-hybridized carbons (Fsp3) is 0. The van der Waals surface area contributed by atoms with Crippen molar-refractivity contribution >= 4 is 11.1 Å².